The van der Waals surface area contributed by atoms with Crippen LogP contribution in [0.1, 0.15) is 24.2 Å². The number of likely N-dealkylation sites (tertiary alicyclic amines) is 1. The van der Waals surface area contributed by atoms with Gasteiger partial charge in [-0.2, -0.15) is 0 Å². The predicted octanol–water partition coefficient (Wildman–Crippen LogP) is 4.47. The SMILES string of the molecule is Cc1nc2nc(N)cc(-c3cc4cc(CN5CCC(C(F)F)CC5)ccc4[nH]3)c2[nH]1. The third kappa shape index (κ3) is 3.52. The number of nitrogens with zero attached hydrogens (tertiary/aromatic N) is 3. The lowest BCUT2D eigenvalue weighted by atomic mass is 9.97. The first-order valence-electron chi connectivity index (χ1n) is 10.2. The van der Waals surface area contributed by atoms with Gasteiger partial charge < -0.3 is 15.7 Å². The van der Waals surface area contributed by atoms with Crippen molar-refractivity contribution in [1.82, 2.24) is 24.8 Å². The van der Waals surface area contributed by atoms with Crippen molar-refractivity contribution in [1.29, 1.82) is 0 Å². The molecule has 0 amide bonds. The summed E-state index contributed by atoms with van der Waals surface area (Å²) in [6, 6.07) is 10.3. The second-order valence-electron chi connectivity index (χ2n) is 8.17. The van der Waals surface area contributed by atoms with Gasteiger partial charge in [0.15, 0.2) is 5.65 Å². The average Bonchev–Trinajstić information content (AvgIpc) is 3.29. The van der Waals surface area contributed by atoms with Crippen LogP contribution in [0.5, 0.6) is 0 Å². The zero-order valence-corrected chi connectivity index (χ0v) is 16.8. The number of pyridine rings is 1. The molecule has 6 nitrogen and oxygen atoms in total. The molecule has 3 aromatic heterocycles. The lowest BCUT2D eigenvalue weighted by Crippen LogP contribution is -2.35. The van der Waals surface area contributed by atoms with E-state index in [2.05, 4.69) is 49.1 Å². The Balaban J connectivity index is 1.41. The van der Waals surface area contributed by atoms with E-state index in [1.807, 2.05) is 13.0 Å². The maximum atomic E-state index is 12.9. The van der Waals surface area contributed by atoms with E-state index in [1.165, 1.54) is 5.56 Å². The fraction of sp³-hybridized carbons (Fsp3) is 0.364. The molecule has 30 heavy (non-hydrogen) atoms. The summed E-state index contributed by atoms with van der Waals surface area (Å²) in [7, 11) is 0. The number of aryl methyl sites for hydroxylation is 1. The van der Waals surface area contributed by atoms with Crippen LogP contribution in [-0.4, -0.2) is 44.4 Å². The van der Waals surface area contributed by atoms with E-state index >= 15 is 0 Å². The molecule has 4 aromatic rings. The third-order valence-electron chi connectivity index (χ3n) is 5.97. The number of piperidine rings is 1. The lowest BCUT2D eigenvalue weighted by Gasteiger charge is -2.31. The summed E-state index contributed by atoms with van der Waals surface area (Å²) < 4.78 is 25.8. The highest BCUT2D eigenvalue weighted by molar-refractivity contribution is 5.95. The molecule has 1 aliphatic heterocycles. The molecule has 4 heterocycles. The van der Waals surface area contributed by atoms with Crippen molar-refractivity contribution in [2.75, 3.05) is 18.8 Å². The summed E-state index contributed by atoms with van der Waals surface area (Å²) in [6.07, 6.45) is -1.07. The van der Waals surface area contributed by atoms with Crippen LogP contribution in [-0.2, 0) is 6.54 Å². The number of nitrogens with two attached hydrogens (primary N) is 1. The van der Waals surface area contributed by atoms with Gasteiger partial charge in [0, 0.05) is 34.6 Å². The highest BCUT2D eigenvalue weighted by Crippen LogP contribution is 2.31. The summed E-state index contributed by atoms with van der Waals surface area (Å²) >= 11 is 0. The van der Waals surface area contributed by atoms with Gasteiger partial charge in [0.2, 0.25) is 6.43 Å². The maximum Gasteiger partial charge on any atom is 0.241 e. The van der Waals surface area contributed by atoms with Crippen LogP contribution in [0.15, 0.2) is 30.3 Å². The number of H-pyrrole nitrogens is 2. The summed E-state index contributed by atoms with van der Waals surface area (Å²) in [5, 5.41) is 1.10. The molecular formula is C22H24F2N6. The quantitative estimate of drug-likeness (QED) is 0.463. The first kappa shape index (κ1) is 19.0. The Kier molecular flexibility index (Phi) is 4.66. The van der Waals surface area contributed by atoms with Gasteiger partial charge in [0.1, 0.15) is 11.6 Å². The van der Waals surface area contributed by atoms with Crippen molar-refractivity contribution < 1.29 is 8.78 Å². The third-order valence-corrected chi connectivity index (χ3v) is 5.97. The summed E-state index contributed by atoms with van der Waals surface area (Å²) in [6.45, 7) is 4.11. The molecule has 156 valence electrons. The van der Waals surface area contributed by atoms with Crippen LogP contribution in [0.2, 0.25) is 0 Å². The van der Waals surface area contributed by atoms with Crippen molar-refractivity contribution in [2.45, 2.75) is 32.7 Å². The molecule has 1 fully saturated rings. The van der Waals surface area contributed by atoms with E-state index in [0.717, 1.165) is 53.1 Å². The Morgan fingerprint density at radius 1 is 1.13 bits per heavy atom. The monoisotopic (exact) mass is 410 g/mol. The van der Waals surface area contributed by atoms with Crippen LogP contribution in [0.25, 0.3) is 33.3 Å². The largest absolute Gasteiger partial charge is 0.384 e. The van der Waals surface area contributed by atoms with Gasteiger partial charge in [-0.15, -0.1) is 0 Å². The van der Waals surface area contributed by atoms with Crippen molar-refractivity contribution in [3.05, 3.63) is 41.7 Å². The van der Waals surface area contributed by atoms with Crippen LogP contribution >= 0.6 is 0 Å². The molecule has 1 aliphatic rings. The number of alkyl halides is 2. The molecule has 1 saturated heterocycles. The van der Waals surface area contributed by atoms with Gasteiger partial charge in [-0.25, -0.2) is 18.7 Å². The number of aromatic amines is 2. The minimum absolute atomic E-state index is 0.426. The normalized spacial score (nSPS) is 16.3. The minimum Gasteiger partial charge on any atom is -0.384 e. The molecule has 0 radical (unpaired) electrons. The van der Waals surface area contributed by atoms with Gasteiger partial charge in [-0.3, -0.25) is 4.90 Å². The van der Waals surface area contributed by atoms with Gasteiger partial charge in [0.05, 0.1) is 5.52 Å². The number of rotatable bonds is 4. The molecule has 5 rings (SSSR count). The number of fused-ring (bicyclic) bond motifs is 2. The molecule has 0 atom stereocenters. The predicted molar refractivity (Wildman–Crippen MR) is 114 cm³/mol. The number of nitrogens with one attached hydrogen (secondary N) is 2. The van der Waals surface area contributed by atoms with Crippen molar-refractivity contribution in [2.24, 2.45) is 5.92 Å². The van der Waals surface area contributed by atoms with Crippen LogP contribution < -0.4 is 5.73 Å². The molecule has 1 aromatic carbocycles. The Morgan fingerprint density at radius 2 is 1.93 bits per heavy atom. The van der Waals surface area contributed by atoms with Crippen LogP contribution in [0.3, 0.4) is 0 Å². The molecule has 0 spiro atoms. The highest BCUT2D eigenvalue weighted by Gasteiger charge is 2.26. The number of hydrogen-bond acceptors (Lipinski definition) is 4. The Labute approximate surface area is 172 Å². The smallest absolute Gasteiger partial charge is 0.241 e. The second kappa shape index (κ2) is 7.36. The zero-order valence-electron chi connectivity index (χ0n) is 16.8. The van der Waals surface area contributed by atoms with Gasteiger partial charge in [-0.1, -0.05) is 6.07 Å². The van der Waals surface area contributed by atoms with E-state index in [1.54, 1.807) is 0 Å². The summed E-state index contributed by atoms with van der Waals surface area (Å²) in [5.41, 5.74) is 11.5. The average molecular weight is 410 g/mol. The summed E-state index contributed by atoms with van der Waals surface area (Å²) in [4.78, 5) is 17.7. The highest BCUT2D eigenvalue weighted by atomic mass is 19.3. The van der Waals surface area contributed by atoms with E-state index in [4.69, 9.17) is 5.73 Å². The van der Waals surface area contributed by atoms with Gasteiger partial charge in [-0.05, 0) is 62.7 Å². The number of aromatic nitrogens is 4. The molecule has 8 heteroatoms. The van der Waals surface area contributed by atoms with E-state index < -0.39 is 12.3 Å². The Morgan fingerprint density at radius 3 is 2.70 bits per heavy atom. The van der Waals surface area contributed by atoms with Crippen molar-refractivity contribution in [3.8, 4) is 11.3 Å². The molecule has 0 unspecified atom stereocenters. The number of halogens is 2. The van der Waals surface area contributed by atoms with Crippen LogP contribution in [0, 0.1) is 12.8 Å². The molecule has 4 N–H and O–H groups in total. The first-order valence-corrected chi connectivity index (χ1v) is 10.2. The van der Waals surface area contributed by atoms with E-state index in [-0.39, 0.29) is 0 Å². The van der Waals surface area contributed by atoms with Crippen LogP contribution in [0.4, 0.5) is 14.6 Å². The topological polar surface area (TPSA) is 86.6 Å². The Bertz CT molecular complexity index is 1200. The van der Waals surface area contributed by atoms with E-state index in [0.29, 0.717) is 24.3 Å². The summed E-state index contributed by atoms with van der Waals surface area (Å²) in [5.74, 6) is 0.764. The molecule has 0 bridgehead atoms. The first-order chi connectivity index (χ1) is 14.5. The fourth-order valence-corrected chi connectivity index (χ4v) is 4.38. The molecule has 0 saturated carbocycles. The van der Waals surface area contributed by atoms with Gasteiger partial charge >= 0.3 is 0 Å². The number of benzene rings is 1. The standard InChI is InChI=1S/C22H24F2N6/c1-12-26-20-16(10-19(25)29-22(20)27-12)18-9-15-8-13(2-3-17(15)28-18)11-30-6-4-14(5-7-30)21(23)24/h2-3,8-10,14,21,28H,4-7,11H2,1H3,(H3,25,26,27,29). The van der Waals surface area contributed by atoms with Gasteiger partial charge in [0.25, 0.3) is 0 Å². The number of hydrogen-bond donors (Lipinski definition) is 3. The Hall–Kier alpha value is -3.00. The lowest BCUT2D eigenvalue weighted by molar-refractivity contribution is 0.0336. The molecular weight excluding hydrogens is 386 g/mol. The van der Waals surface area contributed by atoms with Crippen molar-refractivity contribution >= 4 is 27.9 Å². The molecule has 0 aliphatic carbocycles. The van der Waals surface area contributed by atoms with Crippen molar-refractivity contribution in [3.63, 3.8) is 0 Å². The zero-order chi connectivity index (χ0) is 20.8. The maximum absolute atomic E-state index is 12.9. The van der Waals surface area contributed by atoms with E-state index in [9.17, 15) is 8.78 Å². The second-order valence-corrected chi connectivity index (χ2v) is 8.17. The number of nitrogen functional groups attached to an aromatic ring is 1. The fourth-order valence-electron chi connectivity index (χ4n) is 4.38. The number of imidazole rings is 1. The number of anilines is 1. The minimum atomic E-state index is -2.20.